The van der Waals surface area contributed by atoms with Crippen LogP contribution < -0.4 is 5.73 Å². The van der Waals surface area contributed by atoms with Crippen molar-refractivity contribution in [1.29, 1.82) is 5.41 Å². The molecule has 0 unspecified atom stereocenters. The van der Waals surface area contributed by atoms with E-state index in [0.29, 0.717) is 11.3 Å². The van der Waals surface area contributed by atoms with Crippen molar-refractivity contribution in [3.63, 3.8) is 0 Å². The molecule has 0 atom stereocenters. The monoisotopic (exact) mass is 201 g/mol. The molecule has 0 aliphatic rings. The molecular weight excluding hydrogens is 190 g/mol. The quantitative estimate of drug-likeness (QED) is 0.638. The van der Waals surface area contributed by atoms with Gasteiger partial charge in [0.2, 0.25) is 0 Å². The second-order valence-electron chi connectivity index (χ2n) is 3.19. The summed E-state index contributed by atoms with van der Waals surface area (Å²) in [6.07, 6.45) is 5.97. The molecule has 2 rings (SSSR count). The molecule has 0 amide bonds. The second-order valence-corrected chi connectivity index (χ2v) is 3.19. The number of H-pyrrole nitrogens is 1. The Labute approximate surface area is 86.6 Å². The van der Waals surface area contributed by atoms with Crippen molar-refractivity contribution >= 4 is 23.0 Å². The summed E-state index contributed by atoms with van der Waals surface area (Å²) in [5.74, 6) is 0. The minimum Gasteiger partial charge on any atom is -0.404 e. The number of aromatic nitrogens is 3. The average Bonchev–Trinajstić information content (AvgIpc) is 2.62. The van der Waals surface area contributed by atoms with Crippen molar-refractivity contribution in [3.8, 4) is 0 Å². The number of nitrogens with one attached hydrogen (secondary N) is 2. The Hall–Kier alpha value is -2.17. The zero-order chi connectivity index (χ0) is 10.8. The van der Waals surface area contributed by atoms with Gasteiger partial charge >= 0.3 is 0 Å². The van der Waals surface area contributed by atoms with Crippen LogP contribution in [0.4, 0.5) is 0 Å². The largest absolute Gasteiger partial charge is 0.404 e. The van der Waals surface area contributed by atoms with E-state index in [9.17, 15) is 0 Å². The lowest BCUT2D eigenvalue weighted by Gasteiger charge is -1.99. The van der Waals surface area contributed by atoms with Gasteiger partial charge in [0.25, 0.3) is 0 Å². The molecule has 0 aliphatic heterocycles. The summed E-state index contributed by atoms with van der Waals surface area (Å²) in [6.45, 7) is 1.95. The predicted octanol–water partition coefficient (Wildman–Crippen LogP) is 1.22. The van der Waals surface area contributed by atoms with E-state index < -0.39 is 0 Å². The van der Waals surface area contributed by atoms with E-state index in [4.69, 9.17) is 11.1 Å². The molecule has 15 heavy (non-hydrogen) atoms. The van der Waals surface area contributed by atoms with E-state index >= 15 is 0 Å². The van der Waals surface area contributed by atoms with Gasteiger partial charge in [0, 0.05) is 24.2 Å². The Balaban J connectivity index is 2.64. The zero-order valence-electron chi connectivity index (χ0n) is 8.28. The number of aryl methyl sites for hydroxylation is 1. The van der Waals surface area contributed by atoms with E-state index in [1.54, 1.807) is 6.20 Å². The lowest BCUT2D eigenvalue weighted by Crippen LogP contribution is -1.95. The van der Waals surface area contributed by atoms with Crippen LogP contribution in [0.2, 0.25) is 0 Å². The fraction of sp³-hybridized carbons (Fsp3) is 0.100. The van der Waals surface area contributed by atoms with Gasteiger partial charge in [-0.1, -0.05) is 0 Å². The normalized spacial score (nSPS) is 11.9. The van der Waals surface area contributed by atoms with Gasteiger partial charge in [-0.3, -0.25) is 0 Å². The standard InChI is InChI=1S/C10H11N5/c1-6-4-13-10-9(6)15-8(5-14-10)7(2-11)3-12/h2-5,11H,12H2,1H3,(H,13,14)/b7-3+,11-2?. The second kappa shape index (κ2) is 3.53. The Morgan fingerprint density at radius 2 is 2.40 bits per heavy atom. The van der Waals surface area contributed by atoms with Crippen molar-refractivity contribution in [3.05, 3.63) is 29.9 Å². The first-order chi connectivity index (χ1) is 7.26. The maximum absolute atomic E-state index is 7.17. The van der Waals surface area contributed by atoms with E-state index in [0.717, 1.165) is 22.9 Å². The van der Waals surface area contributed by atoms with Crippen LogP contribution in [0.1, 0.15) is 11.3 Å². The number of aromatic amines is 1. The number of rotatable bonds is 2. The van der Waals surface area contributed by atoms with Gasteiger partial charge in [-0.15, -0.1) is 0 Å². The third-order valence-corrected chi connectivity index (χ3v) is 2.20. The molecule has 0 bridgehead atoms. The number of nitrogens with zero attached hydrogens (tertiary/aromatic N) is 2. The van der Waals surface area contributed by atoms with Crippen LogP contribution >= 0.6 is 0 Å². The highest BCUT2D eigenvalue weighted by Crippen LogP contribution is 2.15. The summed E-state index contributed by atoms with van der Waals surface area (Å²) >= 11 is 0. The van der Waals surface area contributed by atoms with Crippen molar-refractivity contribution in [2.45, 2.75) is 6.92 Å². The van der Waals surface area contributed by atoms with Gasteiger partial charge < -0.3 is 16.1 Å². The summed E-state index contributed by atoms with van der Waals surface area (Å²) < 4.78 is 0. The van der Waals surface area contributed by atoms with Crippen LogP contribution in [0.3, 0.4) is 0 Å². The molecule has 0 saturated heterocycles. The number of hydrogen-bond donors (Lipinski definition) is 3. The first-order valence-corrected chi connectivity index (χ1v) is 4.49. The van der Waals surface area contributed by atoms with E-state index in [1.807, 2.05) is 13.1 Å². The Morgan fingerprint density at radius 1 is 1.60 bits per heavy atom. The van der Waals surface area contributed by atoms with Crippen LogP contribution in [0.25, 0.3) is 16.7 Å². The molecule has 0 radical (unpaired) electrons. The average molecular weight is 201 g/mol. The smallest absolute Gasteiger partial charge is 0.156 e. The van der Waals surface area contributed by atoms with Gasteiger partial charge in [0.15, 0.2) is 5.65 Å². The first-order valence-electron chi connectivity index (χ1n) is 4.49. The molecule has 2 aromatic rings. The van der Waals surface area contributed by atoms with Crippen LogP contribution in [0.5, 0.6) is 0 Å². The van der Waals surface area contributed by atoms with E-state index in [-0.39, 0.29) is 0 Å². The van der Waals surface area contributed by atoms with Gasteiger partial charge in [0.05, 0.1) is 11.9 Å². The number of nitrogens with two attached hydrogens (primary N) is 1. The number of allylic oxidation sites excluding steroid dienone is 1. The molecule has 0 spiro atoms. The fourth-order valence-corrected chi connectivity index (χ4v) is 1.36. The van der Waals surface area contributed by atoms with Crippen molar-refractivity contribution in [1.82, 2.24) is 15.0 Å². The summed E-state index contributed by atoms with van der Waals surface area (Å²) in [6, 6.07) is 0. The molecule has 0 saturated carbocycles. The lowest BCUT2D eigenvalue weighted by atomic mass is 10.2. The van der Waals surface area contributed by atoms with Crippen LogP contribution in [0, 0.1) is 12.3 Å². The maximum atomic E-state index is 7.17. The van der Waals surface area contributed by atoms with Gasteiger partial charge in [0.1, 0.15) is 5.52 Å². The first kappa shape index (κ1) is 9.39. The molecule has 0 aliphatic carbocycles. The Morgan fingerprint density at radius 3 is 3.07 bits per heavy atom. The molecule has 0 aromatic carbocycles. The highest BCUT2D eigenvalue weighted by molar-refractivity contribution is 6.07. The highest BCUT2D eigenvalue weighted by Gasteiger charge is 2.06. The molecule has 4 N–H and O–H groups in total. The molecular formula is C10H11N5. The summed E-state index contributed by atoms with van der Waals surface area (Å²) in [5, 5.41) is 7.17. The number of hydrogen-bond acceptors (Lipinski definition) is 4. The Bertz CT molecular complexity index is 538. The molecule has 76 valence electrons. The third-order valence-electron chi connectivity index (χ3n) is 2.20. The highest BCUT2D eigenvalue weighted by atomic mass is 14.9. The van der Waals surface area contributed by atoms with E-state index in [2.05, 4.69) is 15.0 Å². The minimum absolute atomic E-state index is 0.560. The molecule has 5 heteroatoms. The zero-order valence-corrected chi connectivity index (χ0v) is 8.28. The third kappa shape index (κ3) is 1.48. The molecule has 0 fully saturated rings. The minimum atomic E-state index is 0.560. The van der Waals surface area contributed by atoms with Gasteiger partial charge in [-0.05, 0) is 12.5 Å². The SMILES string of the molecule is Cc1c[nH]c2ncc(/C(C=N)=C/N)nc12. The van der Waals surface area contributed by atoms with Crippen molar-refractivity contribution in [2.75, 3.05) is 0 Å². The van der Waals surface area contributed by atoms with Crippen molar-refractivity contribution in [2.24, 2.45) is 5.73 Å². The van der Waals surface area contributed by atoms with Crippen LogP contribution in [-0.4, -0.2) is 21.2 Å². The Kier molecular flexibility index (Phi) is 2.21. The maximum Gasteiger partial charge on any atom is 0.156 e. The van der Waals surface area contributed by atoms with Crippen molar-refractivity contribution < 1.29 is 0 Å². The molecule has 5 nitrogen and oxygen atoms in total. The number of fused-ring (bicyclic) bond motifs is 1. The van der Waals surface area contributed by atoms with Crippen LogP contribution in [-0.2, 0) is 0 Å². The molecule has 2 aromatic heterocycles. The fourth-order valence-electron chi connectivity index (χ4n) is 1.36. The summed E-state index contributed by atoms with van der Waals surface area (Å²) in [5.41, 5.74) is 9.15. The van der Waals surface area contributed by atoms with Gasteiger partial charge in [-0.25, -0.2) is 9.97 Å². The van der Waals surface area contributed by atoms with E-state index in [1.165, 1.54) is 6.20 Å². The lowest BCUT2D eigenvalue weighted by molar-refractivity contribution is 1.23. The molecule has 2 heterocycles. The summed E-state index contributed by atoms with van der Waals surface area (Å²) in [4.78, 5) is 11.6. The van der Waals surface area contributed by atoms with Crippen LogP contribution in [0.15, 0.2) is 18.6 Å². The summed E-state index contributed by atoms with van der Waals surface area (Å²) in [7, 11) is 0. The van der Waals surface area contributed by atoms with Gasteiger partial charge in [-0.2, -0.15) is 0 Å². The predicted molar refractivity (Wildman–Crippen MR) is 59.6 cm³/mol. The topological polar surface area (TPSA) is 91.4 Å².